The number of morpholine rings is 1. The fourth-order valence-electron chi connectivity index (χ4n) is 2.45. The molecule has 2 aliphatic rings. The van der Waals surface area contributed by atoms with E-state index in [1.54, 1.807) is 11.8 Å². The van der Waals surface area contributed by atoms with E-state index < -0.39 is 17.9 Å². The highest BCUT2D eigenvalue weighted by Crippen LogP contribution is 2.33. The number of amides is 1. The van der Waals surface area contributed by atoms with E-state index in [0.29, 0.717) is 13.1 Å². The number of carbonyl (C=O) groups excluding carboxylic acids is 2. The monoisotopic (exact) mass is 256 g/mol. The summed E-state index contributed by atoms with van der Waals surface area (Å²) in [6.45, 7) is 8.09. The minimum Gasteiger partial charge on any atom is -0.443 e. The van der Waals surface area contributed by atoms with Crippen LogP contribution in [0.4, 0.5) is 0 Å². The highest BCUT2D eigenvalue weighted by Gasteiger charge is 2.56. The van der Waals surface area contributed by atoms with Crippen molar-refractivity contribution in [2.24, 2.45) is 0 Å². The van der Waals surface area contributed by atoms with Crippen LogP contribution in [0.2, 0.25) is 0 Å². The summed E-state index contributed by atoms with van der Waals surface area (Å²) in [6, 6.07) is 0.110. The predicted molar refractivity (Wildman–Crippen MR) is 63.7 cm³/mol. The highest BCUT2D eigenvalue weighted by molar-refractivity contribution is 5.81. The quantitative estimate of drug-likeness (QED) is 0.697. The number of ether oxygens (including phenoxy) is 2. The van der Waals surface area contributed by atoms with Crippen molar-refractivity contribution >= 4 is 11.9 Å². The van der Waals surface area contributed by atoms with Crippen LogP contribution in [0.15, 0.2) is 0 Å². The third kappa shape index (κ3) is 2.10. The van der Waals surface area contributed by atoms with Crippen LogP contribution in [-0.4, -0.2) is 53.8 Å². The van der Waals surface area contributed by atoms with E-state index in [1.165, 1.54) is 6.92 Å². The molecular weight excluding hydrogens is 236 g/mol. The van der Waals surface area contributed by atoms with Gasteiger partial charge in [-0.2, -0.15) is 0 Å². The summed E-state index contributed by atoms with van der Waals surface area (Å²) in [6.07, 6.45) is -0.965. The van der Waals surface area contributed by atoms with Crippen molar-refractivity contribution in [3.05, 3.63) is 0 Å². The molecule has 6 nitrogen and oxygen atoms in total. The first kappa shape index (κ1) is 13.3. The summed E-state index contributed by atoms with van der Waals surface area (Å²) in [5.41, 5.74) is -0.594. The van der Waals surface area contributed by atoms with E-state index in [2.05, 4.69) is 5.32 Å². The third-order valence-corrected chi connectivity index (χ3v) is 3.45. The average Bonchev–Trinajstić information content (AvgIpc) is 2.27. The Labute approximate surface area is 107 Å². The Morgan fingerprint density at radius 3 is 2.72 bits per heavy atom. The number of hydrogen-bond acceptors (Lipinski definition) is 5. The molecule has 6 heteroatoms. The van der Waals surface area contributed by atoms with Crippen LogP contribution in [0, 0.1) is 0 Å². The number of nitrogens with zero attached hydrogens (tertiary/aromatic N) is 1. The third-order valence-electron chi connectivity index (χ3n) is 3.45. The standard InChI is InChI=1S/C12H20N2O4/c1-7(2)14-6-12(18-8(3)10(14)16)5-13-11(12)17-9(4)15/h7-8,11,13H,5-6H2,1-4H3/t8-,11?,12?/m0/s1. The van der Waals surface area contributed by atoms with Gasteiger partial charge in [0.25, 0.3) is 5.91 Å². The molecule has 2 aliphatic heterocycles. The van der Waals surface area contributed by atoms with Gasteiger partial charge in [-0.3, -0.25) is 14.9 Å². The predicted octanol–water partition coefficient (Wildman–Crippen LogP) is -0.127. The zero-order chi connectivity index (χ0) is 13.5. The summed E-state index contributed by atoms with van der Waals surface area (Å²) >= 11 is 0. The summed E-state index contributed by atoms with van der Waals surface area (Å²) in [5.74, 6) is -0.361. The van der Waals surface area contributed by atoms with Crippen molar-refractivity contribution in [3.63, 3.8) is 0 Å². The number of hydrogen-bond donors (Lipinski definition) is 1. The van der Waals surface area contributed by atoms with Crippen LogP contribution in [0.3, 0.4) is 0 Å². The lowest BCUT2D eigenvalue weighted by Crippen LogP contribution is -2.78. The second-order valence-corrected chi connectivity index (χ2v) is 5.26. The summed E-state index contributed by atoms with van der Waals surface area (Å²) < 4.78 is 11.0. The molecule has 2 unspecified atom stereocenters. The van der Waals surface area contributed by atoms with Crippen LogP contribution < -0.4 is 5.32 Å². The molecule has 2 fully saturated rings. The Morgan fingerprint density at radius 2 is 2.28 bits per heavy atom. The van der Waals surface area contributed by atoms with Crippen molar-refractivity contribution in [2.75, 3.05) is 13.1 Å². The largest absolute Gasteiger partial charge is 0.443 e. The van der Waals surface area contributed by atoms with Crippen LogP contribution in [-0.2, 0) is 19.1 Å². The average molecular weight is 256 g/mol. The highest BCUT2D eigenvalue weighted by atomic mass is 16.6. The first-order chi connectivity index (χ1) is 8.35. The fraction of sp³-hybridized carbons (Fsp3) is 0.833. The zero-order valence-electron chi connectivity index (χ0n) is 11.2. The molecule has 2 saturated heterocycles. The van der Waals surface area contributed by atoms with E-state index in [-0.39, 0.29) is 17.9 Å². The summed E-state index contributed by atoms with van der Waals surface area (Å²) in [7, 11) is 0. The molecule has 0 aromatic heterocycles. The topological polar surface area (TPSA) is 67.9 Å². The Kier molecular flexibility index (Phi) is 3.33. The van der Waals surface area contributed by atoms with E-state index in [9.17, 15) is 9.59 Å². The van der Waals surface area contributed by atoms with Gasteiger partial charge in [0.15, 0.2) is 6.23 Å². The molecule has 1 N–H and O–H groups in total. The van der Waals surface area contributed by atoms with Crippen LogP contribution in [0.1, 0.15) is 27.7 Å². The Hall–Kier alpha value is -1.14. The van der Waals surface area contributed by atoms with E-state index in [1.807, 2.05) is 13.8 Å². The van der Waals surface area contributed by atoms with Crippen LogP contribution >= 0.6 is 0 Å². The number of nitrogens with one attached hydrogen (secondary N) is 1. The molecule has 2 rings (SSSR count). The van der Waals surface area contributed by atoms with Crippen molar-refractivity contribution in [1.82, 2.24) is 10.2 Å². The maximum Gasteiger partial charge on any atom is 0.304 e. The molecule has 0 bridgehead atoms. The molecule has 0 radical (unpaired) electrons. The maximum atomic E-state index is 12.0. The molecule has 2 heterocycles. The van der Waals surface area contributed by atoms with E-state index in [4.69, 9.17) is 9.47 Å². The normalized spacial score (nSPS) is 35.8. The first-order valence-corrected chi connectivity index (χ1v) is 6.24. The molecule has 0 saturated carbocycles. The van der Waals surface area contributed by atoms with Crippen molar-refractivity contribution in [2.45, 2.75) is 51.7 Å². The van der Waals surface area contributed by atoms with Crippen LogP contribution in [0.25, 0.3) is 0 Å². The molecule has 102 valence electrons. The van der Waals surface area contributed by atoms with Crippen molar-refractivity contribution < 1.29 is 19.1 Å². The molecule has 1 amide bonds. The van der Waals surface area contributed by atoms with Gasteiger partial charge in [-0.1, -0.05) is 0 Å². The van der Waals surface area contributed by atoms with Gasteiger partial charge >= 0.3 is 5.97 Å². The molecule has 1 spiro atoms. The Balaban J connectivity index is 2.14. The van der Waals surface area contributed by atoms with Gasteiger partial charge in [0.05, 0.1) is 6.54 Å². The molecule has 0 aromatic carbocycles. The van der Waals surface area contributed by atoms with Gasteiger partial charge in [-0.15, -0.1) is 0 Å². The van der Waals surface area contributed by atoms with Gasteiger partial charge in [0.2, 0.25) is 0 Å². The molecule has 18 heavy (non-hydrogen) atoms. The number of esters is 1. The molecule has 0 aromatic rings. The molecule has 3 atom stereocenters. The molecular formula is C12H20N2O4. The summed E-state index contributed by atoms with van der Waals surface area (Å²) in [5, 5.41) is 3.03. The van der Waals surface area contributed by atoms with Crippen LogP contribution in [0.5, 0.6) is 0 Å². The molecule has 0 aliphatic carbocycles. The zero-order valence-corrected chi connectivity index (χ0v) is 11.2. The fourth-order valence-corrected chi connectivity index (χ4v) is 2.45. The minimum atomic E-state index is -0.594. The lowest BCUT2D eigenvalue weighted by atomic mass is 9.90. The van der Waals surface area contributed by atoms with Crippen molar-refractivity contribution in [3.8, 4) is 0 Å². The number of carbonyl (C=O) groups is 2. The second-order valence-electron chi connectivity index (χ2n) is 5.26. The van der Waals surface area contributed by atoms with Gasteiger partial charge in [0.1, 0.15) is 11.7 Å². The lowest BCUT2D eigenvalue weighted by Gasteiger charge is -2.54. The maximum absolute atomic E-state index is 12.0. The minimum absolute atomic E-state index is 0.0101. The van der Waals surface area contributed by atoms with Gasteiger partial charge in [-0.25, -0.2) is 0 Å². The SMILES string of the molecule is CC(=O)OC1NCC12CN(C(C)C)C(=O)[C@H](C)O2. The smallest absolute Gasteiger partial charge is 0.304 e. The second kappa shape index (κ2) is 4.51. The number of rotatable bonds is 2. The van der Waals surface area contributed by atoms with E-state index >= 15 is 0 Å². The first-order valence-electron chi connectivity index (χ1n) is 6.24. The Bertz CT molecular complexity index is 371. The Morgan fingerprint density at radius 1 is 1.61 bits per heavy atom. The van der Waals surface area contributed by atoms with Gasteiger partial charge in [0, 0.05) is 19.5 Å². The van der Waals surface area contributed by atoms with Gasteiger partial charge < -0.3 is 14.4 Å². The lowest BCUT2D eigenvalue weighted by molar-refractivity contribution is -0.248. The van der Waals surface area contributed by atoms with E-state index in [0.717, 1.165) is 0 Å². The van der Waals surface area contributed by atoms with Crippen molar-refractivity contribution in [1.29, 1.82) is 0 Å². The van der Waals surface area contributed by atoms with Gasteiger partial charge in [-0.05, 0) is 20.8 Å². The summed E-state index contributed by atoms with van der Waals surface area (Å²) in [4.78, 5) is 24.8.